The zero-order chi connectivity index (χ0) is 26.5. The van der Waals surface area contributed by atoms with Crippen molar-refractivity contribution in [2.24, 2.45) is 0 Å². The van der Waals surface area contributed by atoms with E-state index in [1.807, 2.05) is 6.07 Å². The highest BCUT2D eigenvalue weighted by Crippen LogP contribution is 2.49. The number of halogens is 1. The summed E-state index contributed by atoms with van der Waals surface area (Å²) in [6.45, 7) is 2.96. The van der Waals surface area contributed by atoms with Crippen molar-refractivity contribution in [2.45, 2.75) is 50.7 Å². The lowest BCUT2D eigenvalue weighted by Gasteiger charge is -2.29. The van der Waals surface area contributed by atoms with E-state index in [1.54, 1.807) is 30.6 Å². The predicted octanol–water partition coefficient (Wildman–Crippen LogP) is 4.79. The maximum Gasteiger partial charge on any atom is 0.232 e. The van der Waals surface area contributed by atoms with Gasteiger partial charge in [-0.25, -0.2) is 17.8 Å². The van der Waals surface area contributed by atoms with Gasteiger partial charge in [0.15, 0.2) is 0 Å². The van der Waals surface area contributed by atoms with Crippen molar-refractivity contribution in [3.8, 4) is 22.7 Å². The number of nitrogens with zero attached hydrogens (tertiary/aromatic N) is 2. The Morgan fingerprint density at radius 3 is 2.51 bits per heavy atom. The lowest BCUT2D eigenvalue weighted by atomic mass is 9.98. The highest BCUT2D eigenvalue weighted by Gasteiger charge is 2.34. The summed E-state index contributed by atoms with van der Waals surface area (Å²) in [5.74, 6) is 0.902. The average Bonchev–Trinajstić information content (AvgIpc) is 3.39. The molecule has 3 N–H and O–H groups in total. The zero-order valence-electron chi connectivity index (χ0n) is 20.9. The quantitative estimate of drug-likeness (QED) is 0.288. The lowest BCUT2D eigenvalue weighted by molar-refractivity contribution is -0.0498. The largest absolute Gasteiger partial charge is 0.455 e. The highest BCUT2D eigenvalue weighted by molar-refractivity contribution is 7.92. The van der Waals surface area contributed by atoms with Crippen LogP contribution < -0.4 is 4.31 Å². The monoisotopic (exact) mass is 527 g/mol. The van der Waals surface area contributed by atoms with E-state index in [0.29, 0.717) is 34.0 Å². The number of sulfonamides is 1. The third kappa shape index (κ3) is 5.14. The molecule has 2 aromatic heterocycles. The molecule has 8 nitrogen and oxygen atoms in total. The van der Waals surface area contributed by atoms with Gasteiger partial charge in [-0.05, 0) is 74.9 Å². The van der Waals surface area contributed by atoms with E-state index in [2.05, 4.69) is 9.97 Å². The summed E-state index contributed by atoms with van der Waals surface area (Å²) in [7, 11) is -3.72. The molecule has 0 spiro atoms. The standard InChI is InChI=1S/C27H30FN3O5S/c1-27(2,33)23(32)10-13-31(37(3,34)35)21-15-22-20(14-19(21)16-4-5-16)24(26-29-11-12-30-26)25(36-22)17-6-8-18(28)9-7-17/h6-9,11-12,14-16,23,32-33H,4-5,10,13H2,1-3H3,(H,29,30). The van der Waals surface area contributed by atoms with Crippen LogP contribution in [-0.4, -0.2) is 53.1 Å². The Labute approximate surface area is 214 Å². The van der Waals surface area contributed by atoms with Crippen molar-refractivity contribution in [3.63, 3.8) is 0 Å². The van der Waals surface area contributed by atoms with Gasteiger partial charge in [-0.2, -0.15) is 0 Å². The summed E-state index contributed by atoms with van der Waals surface area (Å²) in [5.41, 5.74) is 1.83. The number of fused-ring (bicyclic) bond motifs is 1. The van der Waals surface area contributed by atoms with Crippen molar-refractivity contribution < 1.29 is 27.4 Å². The molecule has 0 aliphatic heterocycles. The Hall–Kier alpha value is -3.21. The maximum absolute atomic E-state index is 13.6. The molecule has 1 saturated carbocycles. The Kier molecular flexibility index (Phi) is 6.37. The van der Waals surface area contributed by atoms with E-state index in [4.69, 9.17) is 4.42 Å². The second-order valence-corrected chi connectivity index (χ2v) is 12.1. The molecule has 196 valence electrons. The van der Waals surface area contributed by atoms with E-state index in [-0.39, 0.29) is 24.7 Å². The van der Waals surface area contributed by atoms with Crippen LogP contribution in [0.15, 0.2) is 53.2 Å². The number of furan rings is 1. The Morgan fingerprint density at radius 1 is 1.24 bits per heavy atom. The molecule has 2 heterocycles. The number of imidazole rings is 1. The van der Waals surface area contributed by atoms with E-state index < -0.39 is 21.7 Å². The van der Waals surface area contributed by atoms with Crippen molar-refractivity contribution in [1.82, 2.24) is 9.97 Å². The SMILES string of the molecule is CC(C)(O)C(O)CCN(c1cc2oc(-c3ccc(F)cc3)c(-c3ncc[nH]3)c2cc1C1CC1)S(C)(=O)=O. The van der Waals surface area contributed by atoms with Crippen LogP contribution in [0.2, 0.25) is 0 Å². The topological polar surface area (TPSA) is 120 Å². The molecule has 1 unspecified atom stereocenters. The number of hydrogen-bond acceptors (Lipinski definition) is 6. The number of aliphatic hydroxyl groups is 2. The molecule has 0 radical (unpaired) electrons. The molecule has 1 fully saturated rings. The van der Waals surface area contributed by atoms with Crippen LogP contribution in [-0.2, 0) is 10.0 Å². The first-order chi connectivity index (χ1) is 17.4. The van der Waals surface area contributed by atoms with Crippen LogP contribution in [0, 0.1) is 5.82 Å². The first kappa shape index (κ1) is 25.4. The fraction of sp³-hybridized carbons (Fsp3) is 0.370. The number of anilines is 1. The summed E-state index contributed by atoms with van der Waals surface area (Å²) < 4.78 is 47.1. The van der Waals surface area contributed by atoms with Gasteiger partial charge < -0.3 is 19.6 Å². The maximum atomic E-state index is 13.6. The zero-order valence-corrected chi connectivity index (χ0v) is 21.7. The minimum atomic E-state index is -3.72. The summed E-state index contributed by atoms with van der Waals surface area (Å²) in [6.07, 6.45) is 5.28. The normalized spacial score (nSPS) is 15.3. The number of aliphatic hydroxyl groups excluding tert-OH is 1. The Balaban J connectivity index is 1.69. The van der Waals surface area contributed by atoms with Crippen LogP contribution >= 0.6 is 0 Å². The number of benzene rings is 2. The van der Waals surface area contributed by atoms with Gasteiger partial charge in [0, 0.05) is 36.0 Å². The minimum Gasteiger partial charge on any atom is -0.455 e. The molecular weight excluding hydrogens is 497 g/mol. The number of aromatic nitrogens is 2. The van der Waals surface area contributed by atoms with Crippen LogP contribution in [0.25, 0.3) is 33.7 Å². The molecule has 37 heavy (non-hydrogen) atoms. The molecule has 1 aliphatic carbocycles. The van der Waals surface area contributed by atoms with Crippen LogP contribution in [0.3, 0.4) is 0 Å². The van der Waals surface area contributed by atoms with Gasteiger partial charge in [0.05, 0.1) is 29.2 Å². The summed E-state index contributed by atoms with van der Waals surface area (Å²) in [4.78, 5) is 7.55. The summed E-state index contributed by atoms with van der Waals surface area (Å²) in [6, 6.07) is 9.65. The molecule has 1 atom stereocenters. The van der Waals surface area contributed by atoms with Gasteiger partial charge in [-0.1, -0.05) is 0 Å². The van der Waals surface area contributed by atoms with E-state index in [9.17, 15) is 23.0 Å². The molecule has 1 aliphatic rings. The molecule has 0 bridgehead atoms. The fourth-order valence-electron chi connectivity index (χ4n) is 4.59. The average molecular weight is 528 g/mol. The fourth-order valence-corrected chi connectivity index (χ4v) is 5.54. The first-order valence-corrected chi connectivity index (χ1v) is 14.0. The number of aromatic amines is 1. The first-order valence-electron chi connectivity index (χ1n) is 12.2. The third-order valence-electron chi connectivity index (χ3n) is 6.79. The third-order valence-corrected chi connectivity index (χ3v) is 7.97. The second kappa shape index (κ2) is 9.27. The van der Waals surface area contributed by atoms with Gasteiger partial charge in [0.25, 0.3) is 0 Å². The van der Waals surface area contributed by atoms with Gasteiger partial charge in [0.1, 0.15) is 23.0 Å². The molecule has 2 aromatic carbocycles. The van der Waals surface area contributed by atoms with E-state index >= 15 is 0 Å². The van der Waals surface area contributed by atoms with Crippen molar-refractivity contribution >= 4 is 26.7 Å². The number of hydrogen-bond donors (Lipinski definition) is 3. The van der Waals surface area contributed by atoms with E-state index in [1.165, 1.54) is 30.3 Å². The molecule has 0 amide bonds. The molecule has 4 aromatic rings. The Morgan fingerprint density at radius 2 is 1.95 bits per heavy atom. The van der Waals surface area contributed by atoms with Crippen molar-refractivity contribution in [3.05, 3.63) is 60.2 Å². The second-order valence-electron chi connectivity index (χ2n) is 10.2. The highest BCUT2D eigenvalue weighted by atomic mass is 32.2. The molecule has 5 rings (SSSR count). The van der Waals surface area contributed by atoms with Gasteiger partial charge in [0.2, 0.25) is 10.0 Å². The lowest BCUT2D eigenvalue weighted by Crippen LogP contribution is -2.40. The van der Waals surface area contributed by atoms with Crippen LogP contribution in [0.4, 0.5) is 10.1 Å². The summed E-state index contributed by atoms with van der Waals surface area (Å²) in [5, 5.41) is 21.3. The summed E-state index contributed by atoms with van der Waals surface area (Å²) >= 11 is 0. The van der Waals surface area contributed by atoms with Gasteiger partial charge >= 0.3 is 0 Å². The molecule has 0 saturated heterocycles. The van der Waals surface area contributed by atoms with Crippen LogP contribution in [0.5, 0.6) is 0 Å². The van der Waals surface area contributed by atoms with Gasteiger partial charge in [-0.3, -0.25) is 4.31 Å². The van der Waals surface area contributed by atoms with Crippen LogP contribution in [0.1, 0.15) is 44.6 Å². The smallest absolute Gasteiger partial charge is 0.232 e. The van der Waals surface area contributed by atoms with Gasteiger partial charge in [-0.15, -0.1) is 0 Å². The minimum absolute atomic E-state index is 0.00815. The molecule has 10 heteroatoms. The van der Waals surface area contributed by atoms with Crippen molar-refractivity contribution in [2.75, 3.05) is 17.1 Å². The molecular formula is C27H30FN3O5S. The Bertz CT molecular complexity index is 1520. The van der Waals surface area contributed by atoms with E-state index in [0.717, 1.165) is 30.0 Å². The number of nitrogens with one attached hydrogen (secondary N) is 1. The number of H-pyrrole nitrogens is 1. The van der Waals surface area contributed by atoms with Crippen molar-refractivity contribution in [1.29, 1.82) is 0 Å². The predicted molar refractivity (Wildman–Crippen MR) is 140 cm³/mol. The number of rotatable bonds is 9.